The first-order chi connectivity index (χ1) is 13.1. The molecule has 2 rings (SSSR count). The molecule has 0 aliphatic rings. The zero-order chi connectivity index (χ0) is 21.3. The van der Waals surface area contributed by atoms with E-state index in [9.17, 15) is 18.7 Å². The fraction of sp³-hybridized carbons (Fsp3) is 0.278. The Kier molecular flexibility index (Phi) is 8.93. The minimum Gasteiger partial charge on any atom is -0.508 e. The van der Waals surface area contributed by atoms with Crippen LogP contribution in [0.1, 0.15) is 11.1 Å². The Bertz CT molecular complexity index is 773. The molecule has 0 bridgehead atoms. The van der Waals surface area contributed by atoms with Crippen LogP contribution >= 0.6 is 0 Å². The second-order valence-electron chi connectivity index (χ2n) is 5.75. The van der Waals surface area contributed by atoms with Crippen LogP contribution in [-0.4, -0.2) is 37.2 Å². The number of hydrogen-bond donors (Lipinski definition) is 3. The maximum Gasteiger partial charge on any atom is 0.387 e. The van der Waals surface area contributed by atoms with E-state index in [1.54, 1.807) is 38.2 Å². The van der Waals surface area contributed by atoms with Crippen molar-refractivity contribution < 1.29 is 28.2 Å². The number of anilines is 1. The molecule has 0 heterocycles. The fourth-order valence-electron chi connectivity index (χ4n) is 2.18. The highest BCUT2D eigenvalue weighted by Gasteiger charge is 2.16. The molecule has 10 heteroatoms. The molecular formula is C18H24F2N4O4. The van der Waals surface area contributed by atoms with Gasteiger partial charge in [0.15, 0.2) is 0 Å². The molecule has 5 N–H and O–H groups in total. The van der Waals surface area contributed by atoms with Gasteiger partial charge < -0.3 is 19.6 Å². The van der Waals surface area contributed by atoms with E-state index in [0.29, 0.717) is 23.4 Å². The third-order valence-corrected chi connectivity index (χ3v) is 3.40. The first-order valence-corrected chi connectivity index (χ1v) is 8.06. The lowest BCUT2D eigenvalue weighted by atomic mass is 10.1. The van der Waals surface area contributed by atoms with Crippen LogP contribution < -0.4 is 26.2 Å². The summed E-state index contributed by atoms with van der Waals surface area (Å²) in [5.41, 5.74) is 1.64. The Morgan fingerprint density at radius 3 is 2.32 bits per heavy atom. The molecule has 28 heavy (non-hydrogen) atoms. The van der Waals surface area contributed by atoms with Gasteiger partial charge in [0.2, 0.25) is 6.41 Å². The van der Waals surface area contributed by atoms with Gasteiger partial charge in [-0.05, 0) is 42.8 Å². The highest BCUT2D eigenvalue weighted by atomic mass is 19.3. The summed E-state index contributed by atoms with van der Waals surface area (Å²) in [6, 6.07) is 9.33. The van der Waals surface area contributed by atoms with Gasteiger partial charge in [-0.15, -0.1) is 0 Å². The molecule has 8 nitrogen and oxygen atoms in total. The third-order valence-electron chi connectivity index (χ3n) is 3.40. The number of rotatable bonds is 7. The predicted molar refractivity (Wildman–Crippen MR) is 101 cm³/mol. The molecule has 0 spiro atoms. The lowest BCUT2D eigenvalue weighted by Gasteiger charge is -2.20. The molecule has 2 aromatic carbocycles. The van der Waals surface area contributed by atoms with Gasteiger partial charge in [-0.25, -0.2) is 11.7 Å². The molecule has 0 aliphatic carbocycles. The standard InChI is InChI=1S/C16H18F2N2O3.C2H6N2O/c1-10-8-11(21)6-7-14(10)22-9-12-13(20(2)19)4-3-5-15(12)23-16(17)18;1-4(3)2-5/h3-8,16,21H,9,19H2,1-2H3;2H,3H2,1H3. The number of benzene rings is 2. The molecule has 2 aromatic rings. The number of hydrazine groups is 2. The van der Waals surface area contributed by atoms with Crippen molar-refractivity contribution in [2.45, 2.75) is 20.1 Å². The zero-order valence-electron chi connectivity index (χ0n) is 15.8. The van der Waals surface area contributed by atoms with E-state index in [1.165, 1.54) is 24.2 Å². The van der Waals surface area contributed by atoms with E-state index in [0.717, 1.165) is 10.6 Å². The fourth-order valence-corrected chi connectivity index (χ4v) is 2.18. The topological polar surface area (TPSA) is 114 Å². The second-order valence-corrected chi connectivity index (χ2v) is 5.75. The summed E-state index contributed by atoms with van der Waals surface area (Å²) in [5, 5.41) is 11.7. The number of carbonyl (C=O) groups is 1. The molecule has 154 valence electrons. The summed E-state index contributed by atoms with van der Waals surface area (Å²) >= 11 is 0. The number of phenolic OH excluding ortho intramolecular Hbond substituents is 1. The van der Waals surface area contributed by atoms with Gasteiger partial charge in [-0.2, -0.15) is 8.78 Å². The number of nitrogens with zero attached hydrogens (tertiary/aromatic N) is 2. The first kappa shape index (κ1) is 22.9. The van der Waals surface area contributed by atoms with E-state index in [2.05, 4.69) is 4.74 Å². The van der Waals surface area contributed by atoms with E-state index in [1.807, 2.05) is 0 Å². The van der Waals surface area contributed by atoms with Crippen molar-refractivity contribution in [1.29, 1.82) is 0 Å². The summed E-state index contributed by atoms with van der Waals surface area (Å²) in [4.78, 5) is 9.31. The van der Waals surface area contributed by atoms with Crippen molar-refractivity contribution in [2.75, 3.05) is 19.1 Å². The van der Waals surface area contributed by atoms with Crippen molar-refractivity contribution in [2.24, 2.45) is 11.7 Å². The van der Waals surface area contributed by atoms with Gasteiger partial charge in [0.1, 0.15) is 23.9 Å². The van der Waals surface area contributed by atoms with E-state index < -0.39 is 6.61 Å². The van der Waals surface area contributed by atoms with Crippen LogP contribution in [0.15, 0.2) is 36.4 Å². The van der Waals surface area contributed by atoms with Gasteiger partial charge in [-0.1, -0.05) is 6.07 Å². The molecule has 0 aliphatic heterocycles. The lowest BCUT2D eigenvalue weighted by Crippen LogP contribution is -2.27. The summed E-state index contributed by atoms with van der Waals surface area (Å²) in [7, 11) is 3.06. The van der Waals surface area contributed by atoms with Crippen LogP contribution in [0.25, 0.3) is 0 Å². The largest absolute Gasteiger partial charge is 0.508 e. The number of amides is 1. The van der Waals surface area contributed by atoms with Crippen molar-refractivity contribution in [3.63, 3.8) is 0 Å². The molecular weight excluding hydrogens is 374 g/mol. The van der Waals surface area contributed by atoms with Crippen molar-refractivity contribution >= 4 is 12.1 Å². The van der Waals surface area contributed by atoms with Crippen LogP contribution in [0.2, 0.25) is 0 Å². The van der Waals surface area contributed by atoms with E-state index in [-0.39, 0.29) is 18.1 Å². The number of nitrogens with two attached hydrogens (primary N) is 2. The van der Waals surface area contributed by atoms with Gasteiger partial charge >= 0.3 is 6.61 Å². The molecule has 0 saturated heterocycles. The Balaban J connectivity index is 0.000000696. The molecule has 0 saturated carbocycles. The van der Waals surface area contributed by atoms with Gasteiger partial charge in [-0.3, -0.25) is 9.80 Å². The third kappa shape index (κ3) is 7.25. The van der Waals surface area contributed by atoms with Gasteiger partial charge in [0.05, 0.1) is 11.3 Å². The van der Waals surface area contributed by atoms with E-state index in [4.69, 9.17) is 16.4 Å². The SMILES string of the molecule is CN(N)C=O.Cc1cc(O)ccc1OCc1c(OC(F)F)cccc1N(C)N. The number of halogens is 2. The molecule has 0 fully saturated rings. The normalized spacial score (nSPS) is 10.0. The summed E-state index contributed by atoms with van der Waals surface area (Å²) in [5.74, 6) is 11.1. The minimum atomic E-state index is -2.94. The quantitative estimate of drug-likeness (QED) is 0.283. The maximum absolute atomic E-state index is 12.6. The zero-order valence-corrected chi connectivity index (χ0v) is 15.8. The molecule has 0 unspecified atom stereocenters. The van der Waals surface area contributed by atoms with E-state index >= 15 is 0 Å². The Morgan fingerprint density at radius 1 is 1.18 bits per heavy atom. The molecule has 0 aromatic heterocycles. The number of aryl methyl sites for hydroxylation is 1. The average molecular weight is 398 g/mol. The summed E-state index contributed by atoms with van der Waals surface area (Å²) in [6.45, 7) is -1.18. The smallest absolute Gasteiger partial charge is 0.387 e. The number of alkyl halides is 2. The van der Waals surface area contributed by atoms with Crippen LogP contribution in [0.3, 0.4) is 0 Å². The minimum absolute atomic E-state index is 0.00577. The Morgan fingerprint density at radius 2 is 1.82 bits per heavy atom. The number of ether oxygens (including phenoxy) is 2. The summed E-state index contributed by atoms with van der Waals surface area (Å²) in [6.07, 6.45) is 0.528. The summed E-state index contributed by atoms with van der Waals surface area (Å²) < 4.78 is 35.3. The number of hydrogen-bond acceptors (Lipinski definition) is 7. The van der Waals surface area contributed by atoms with Crippen molar-refractivity contribution in [3.05, 3.63) is 47.5 Å². The van der Waals surface area contributed by atoms with Gasteiger partial charge in [0, 0.05) is 14.1 Å². The average Bonchev–Trinajstić information content (AvgIpc) is 2.61. The monoisotopic (exact) mass is 398 g/mol. The number of aromatic hydroxyl groups is 1. The highest BCUT2D eigenvalue weighted by molar-refractivity contribution is 5.58. The van der Waals surface area contributed by atoms with Gasteiger partial charge in [0.25, 0.3) is 0 Å². The first-order valence-electron chi connectivity index (χ1n) is 8.06. The Hall–Kier alpha value is -3.11. The van der Waals surface area contributed by atoms with Crippen LogP contribution in [-0.2, 0) is 11.4 Å². The molecule has 0 atom stereocenters. The Labute approximate surface area is 161 Å². The van der Waals surface area contributed by atoms with Crippen LogP contribution in [0.5, 0.6) is 17.2 Å². The molecule has 0 radical (unpaired) electrons. The predicted octanol–water partition coefficient (Wildman–Crippen LogP) is 2.14. The lowest BCUT2D eigenvalue weighted by molar-refractivity contribution is -0.117. The highest BCUT2D eigenvalue weighted by Crippen LogP contribution is 2.31. The number of phenols is 1. The van der Waals surface area contributed by atoms with Crippen LogP contribution in [0, 0.1) is 6.92 Å². The van der Waals surface area contributed by atoms with Crippen molar-refractivity contribution in [3.8, 4) is 17.2 Å². The second kappa shape index (κ2) is 10.9. The van der Waals surface area contributed by atoms with Crippen LogP contribution in [0.4, 0.5) is 14.5 Å². The molecule has 1 amide bonds. The number of carbonyl (C=O) groups excluding carboxylic acids is 1. The van der Waals surface area contributed by atoms with Crippen molar-refractivity contribution in [1.82, 2.24) is 5.01 Å². The maximum atomic E-state index is 12.6.